The summed E-state index contributed by atoms with van der Waals surface area (Å²) in [5.74, 6) is -2.54. The van der Waals surface area contributed by atoms with Crippen molar-refractivity contribution in [2.24, 2.45) is 5.92 Å². The summed E-state index contributed by atoms with van der Waals surface area (Å²) in [4.78, 5) is 45.3. The third-order valence-corrected chi connectivity index (χ3v) is 5.92. The van der Waals surface area contributed by atoms with E-state index in [0.29, 0.717) is 16.9 Å². The van der Waals surface area contributed by atoms with Gasteiger partial charge in [0, 0.05) is 0 Å². The third kappa shape index (κ3) is 3.14. The number of amides is 2. The van der Waals surface area contributed by atoms with Crippen LogP contribution in [0.4, 0.5) is 11.4 Å². The molecule has 0 spiro atoms. The highest BCUT2D eigenvalue weighted by atomic mass is 16.7. The van der Waals surface area contributed by atoms with Gasteiger partial charge in [-0.15, -0.1) is 0 Å². The number of carbonyl (C=O) groups is 3. The van der Waals surface area contributed by atoms with Gasteiger partial charge in [-0.25, -0.2) is 14.8 Å². The molecule has 2 amide bonds. The SMILES string of the molecule is Cc1ccc(N2C(=O)[C@@H]3[C@H](ON(c4ccccc4)[C@H]3c3ccc(C(=O)O)cc3)C2=O)cc1. The molecular weight excluding hydrogens is 408 g/mol. The first-order valence-electron chi connectivity index (χ1n) is 10.2. The largest absolute Gasteiger partial charge is 0.478 e. The van der Waals surface area contributed by atoms with E-state index in [1.807, 2.05) is 49.4 Å². The number of nitrogens with zero attached hydrogens (tertiary/aromatic N) is 2. The fourth-order valence-electron chi connectivity index (χ4n) is 4.32. The van der Waals surface area contributed by atoms with Gasteiger partial charge in [-0.3, -0.25) is 14.4 Å². The summed E-state index contributed by atoms with van der Waals surface area (Å²) in [6.07, 6.45) is -0.965. The number of aromatic carboxylic acids is 1. The molecule has 3 atom stereocenters. The van der Waals surface area contributed by atoms with Gasteiger partial charge in [0.1, 0.15) is 5.92 Å². The first-order chi connectivity index (χ1) is 15.5. The summed E-state index contributed by atoms with van der Waals surface area (Å²) in [5, 5.41) is 10.8. The van der Waals surface area contributed by atoms with Gasteiger partial charge in [-0.05, 0) is 48.9 Å². The van der Waals surface area contributed by atoms with Gasteiger partial charge < -0.3 is 5.11 Å². The molecule has 3 aromatic carbocycles. The standard InChI is InChI=1S/C25H20N2O5/c1-15-7-13-18(14-8-15)26-23(28)20-21(16-9-11-17(12-10-16)25(30)31)27(32-22(20)24(26)29)19-5-3-2-4-6-19/h2-14,20-22H,1H3,(H,30,31)/t20-,21-,22-/m0/s1. The number of hydrogen-bond donors (Lipinski definition) is 1. The van der Waals surface area contributed by atoms with Crippen LogP contribution in [0, 0.1) is 12.8 Å². The maximum atomic E-state index is 13.5. The number of hydrogen-bond acceptors (Lipinski definition) is 5. The van der Waals surface area contributed by atoms with Crippen molar-refractivity contribution in [3.8, 4) is 0 Å². The van der Waals surface area contributed by atoms with Crippen LogP contribution in [0.3, 0.4) is 0 Å². The number of carboxylic acids is 1. The molecule has 3 aromatic rings. The normalized spacial score (nSPS) is 22.3. The van der Waals surface area contributed by atoms with E-state index < -0.39 is 29.9 Å². The Kier molecular flexibility index (Phi) is 4.75. The Morgan fingerprint density at radius 2 is 1.50 bits per heavy atom. The van der Waals surface area contributed by atoms with Crippen molar-refractivity contribution in [2.75, 3.05) is 9.96 Å². The molecule has 7 nitrogen and oxygen atoms in total. The van der Waals surface area contributed by atoms with Crippen LogP contribution < -0.4 is 9.96 Å². The smallest absolute Gasteiger partial charge is 0.335 e. The van der Waals surface area contributed by atoms with E-state index in [4.69, 9.17) is 4.84 Å². The van der Waals surface area contributed by atoms with Crippen LogP contribution in [-0.2, 0) is 14.4 Å². The summed E-state index contributed by atoms with van der Waals surface area (Å²) in [6, 6.07) is 22.2. The minimum absolute atomic E-state index is 0.144. The number of rotatable bonds is 4. The van der Waals surface area contributed by atoms with E-state index in [-0.39, 0.29) is 11.5 Å². The van der Waals surface area contributed by atoms with Crippen LogP contribution >= 0.6 is 0 Å². The lowest BCUT2D eigenvalue weighted by Gasteiger charge is -2.28. The van der Waals surface area contributed by atoms with Gasteiger partial charge in [0.25, 0.3) is 5.91 Å². The Bertz CT molecular complexity index is 1190. The molecular formula is C25H20N2O5. The van der Waals surface area contributed by atoms with Gasteiger partial charge in [-0.1, -0.05) is 48.0 Å². The Morgan fingerprint density at radius 1 is 0.844 bits per heavy atom. The molecule has 0 bridgehead atoms. The zero-order chi connectivity index (χ0) is 22.4. The molecule has 1 N–H and O–H groups in total. The number of imide groups is 1. The second-order valence-corrected chi connectivity index (χ2v) is 7.93. The van der Waals surface area contributed by atoms with E-state index in [2.05, 4.69) is 0 Å². The van der Waals surface area contributed by atoms with Gasteiger partial charge in [0.2, 0.25) is 5.91 Å². The van der Waals surface area contributed by atoms with Crippen LogP contribution in [0.2, 0.25) is 0 Å². The number of carbonyl (C=O) groups excluding carboxylic acids is 2. The average Bonchev–Trinajstić information content (AvgIpc) is 3.31. The molecule has 160 valence electrons. The third-order valence-electron chi connectivity index (χ3n) is 5.92. The summed E-state index contributed by atoms with van der Waals surface area (Å²) in [5.41, 5.74) is 3.08. The number of aryl methyl sites for hydroxylation is 1. The lowest BCUT2D eigenvalue weighted by Crippen LogP contribution is -2.37. The number of para-hydroxylation sites is 1. The van der Waals surface area contributed by atoms with Crippen molar-refractivity contribution in [3.63, 3.8) is 0 Å². The number of benzene rings is 3. The Labute approximate surface area is 184 Å². The first-order valence-corrected chi connectivity index (χ1v) is 10.2. The molecule has 2 aliphatic heterocycles. The van der Waals surface area contributed by atoms with Crippen LogP contribution in [0.1, 0.15) is 27.5 Å². The molecule has 5 rings (SSSR count). The van der Waals surface area contributed by atoms with Crippen molar-refractivity contribution in [1.29, 1.82) is 0 Å². The zero-order valence-corrected chi connectivity index (χ0v) is 17.2. The van der Waals surface area contributed by atoms with E-state index in [0.717, 1.165) is 5.56 Å². The minimum Gasteiger partial charge on any atom is -0.478 e. The molecule has 2 heterocycles. The molecule has 32 heavy (non-hydrogen) atoms. The predicted molar refractivity (Wildman–Crippen MR) is 117 cm³/mol. The van der Waals surface area contributed by atoms with Gasteiger partial charge in [-0.2, -0.15) is 0 Å². The quantitative estimate of drug-likeness (QED) is 0.637. The second-order valence-electron chi connectivity index (χ2n) is 7.93. The topological polar surface area (TPSA) is 87.2 Å². The number of carboxylic acid groups (broad SMARTS) is 1. The highest BCUT2D eigenvalue weighted by molar-refractivity contribution is 6.23. The second kappa shape index (κ2) is 7.62. The van der Waals surface area contributed by atoms with Gasteiger partial charge >= 0.3 is 5.97 Å². The van der Waals surface area contributed by atoms with Crippen molar-refractivity contribution in [3.05, 3.63) is 95.6 Å². The fourth-order valence-corrected chi connectivity index (χ4v) is 4.32. The van der Waals surface area contributed by atoms with E-state index in [1.165, 1.54) is 17.0 Å². The monoisotopic (exact) mass is 428 g/mol. The van der Waals surface area contributed by atoms with Crippen LogP contribution in [0.25, 0.3) is 0 Å². The summed E-state index contributed by atoms with van der Waals surface area (Å²) in [7, 11) is 0. The van der Waals surface area contributed by atoms with Crippen molar-refractivity contribution in [1.82, 2.24) is 0 Å². The van der Waals surface area contributed by atoms with Gasteiger partial charge in [0.05, 0.1) is 23.0 Å². The Balaban J connectivity index is 1.57. The number of fused-ring (bicyclic) bond motifs is 1. The molecule has 2 fully saturated rings. The van der Waals surface area contributed by atoms with Crippen LogP contribution in [0.5, 0.6) is 0 Å². The fraction of sp³-hybridized carbons (Fsp3) is 0.160. The van der Waals surface area contributed by atoms with E-state index in [9.17, 15) is 19.5 Å². The van der Waals surface area contributed by atoms with Crippen molar-refractivity contribution in [2.45, 2.75) is 19.1 Å². The summed E-state index contributed by atoms with van der Waals surface area (Å²) < 4.78 is 0. The van der Waals surface area contributed by atoms with Gasteiger partial charge in [0.15, 0.2) is 6.10 Å². The maximum absolute atomic E-state index is 13.5. The molecule has 0 aliphatic carbocycles. The molecule has 0 aromatic heterocycles. The predicted octanol–water partition coefficient (Wildman–Crippen LogP) is 3.74. The van der Waals surface area contributed by atoms with Crippen molar-refractivity contribution >= 4 is 29.2 Å². The molecule has 2 aliphatic rings. The molecule has 0 radical (unpaired) electrons. The Hall–Kier alpha value is -3.97. The average molecular weight is 428 g/mol. The lowest BCUT2D eigenvalue weighted by molar-refractivity contribution is -0.126. The first kappa shape index (κ1) is 20.0. The molecule has 7 heteroatoms. The maximum Gasteiger partial charge on any atom is 0.335 e. The van der Waals surface area contributed by atoms with Crippen LogP contribution in [0.15, 0.2) is 78.9 Å². The summed E-state index contributed by atoms with van der Waals surface area (Å²) >= 11 is 0. The number of hydroxylamine groups is 1. The highest BCUT2D eigenvalue weighted by Gasteiger charge is 2.60. The molecule has 0 unspecified atom stereocenters. The lowest BCUT2D eigenvalue weighted by atomic mass is 9.90. The van der Waals surface area contributed by atoms with E-state index in [1.54, 1.807) is 29.3 Å². The van der Waals surface area contributed by atoms with Crippen molar-refractivity contribution < 1.29 is 24.3 Å². The van der Waals surface area contributed by atoms with Crippen LogP contribution in [-0.4, -0.2) is 29.0 Å². The minimum atomic E-state index is -1.03. The molecule has 0 saturated carbocycles. The number of anilines is 2. The van der Waals surface area contributed by atoms with E-state index >= 15 is 0 Å². The summed E-state index contributed by atoms with van der Waals surface area (Å²) in [6.45, 7) is 1.93. The molecule has 2 saturated heterocycles. The zero-order valence-electron chi connectivity index (χ0n) is 17.2. The highest BCUT2D eigenvalue weighted by Crippen LogP contribution is 2.47. The Morgan fingerprint density at radius 3 is 2.12 bits per heavy atom.